The lowest BCUT2D eigenvalue weighted by molar-refractivity contribution is 0.166. The molecule has 1 N–H and O–H groups in total. The van der Waals surface area contributed by atoms with Crippen LogP contribution in [-0.2, 0) is 9.47 Å². The fourth-order valence-electron chi connectivity index (χ4n) is 2.15. The van der Waals surface area contributed by atoms with E-state index >= 15 is 0 Å². The van der Waals surface area contributed by atoms with Crippen molar-refractivity contribution in [3.8, 4) is 0 Å². The van der Waals surface area contributed by atoms with Crippen molar-refractivity contribution in [1.82, 2.24) is 5.32 Å². The summed E-state index contributed by atoms with van der Waals surface area (Å²) in [5.74, 6) is 0.714. The molecule has 2 fully saturated rings. The quantitative estimate of drug-likeness (QED) is 0.736. The number of hydrogen-bond donors (Lipinski definition) is 1. The van der Waals surface area contributed by atoms with Crippen LogP contribution in [0.15, 0.2) is 0 Å². The topological polar surface area (TPSA) is 30.5 Å². The zero-order valence-electron chi connectivity index (χ0n) is 9.21. The molecule has 2 aliphatic heterocycles. The van der Waals surface area contributed by atoms with Crippen molar-refractivity contribution >= 4 is 0 Å². The van der Waals surface area contributed by atoms with E-state index in [0.717, 1.165) is 33.0 Å². The second-order valence-electron chi connectivity index (χ2n) is 5.19. The van der Waals surface area contributed by atoms with Crippen molar-refractivity contribution in [3.05, 3.63) is 0 Å². The van der Waals surface area contributed by atoms with Crippen LogP contribution in [0, 0.1) is 11.3 Å². The molecule has 0 aromatic heterocycles. The largest absolute Gasteiger partial charge is 0.381 e. The highest BCUT2D eigenvalue weighted by molar-refractivity contribution is 4.89. The third-order valence-electron chi connectivity index (χ3n) is 3.38. The first-order valence-corrected chi connectivity index (χ1v) is 5.57. The fourth-order valence-corrected chi connectivity index (χ4v) is 2.15. The van der Waals surface area contributed by atoms with Crippen LogP contribution in [0.5, 0.6) is 0 Å². The zero-order chi connectivity index (χ0) is 10.0. The van der Waals surface area contributed by atoms with Gasteiger partial charge in [0.2, 0.25) is 0 Å². The Hall–Kier alpha value is -0.120. The Morgan fingerprint density at radius 3 is 2.71 bits per heavy atom. The Morgan fingerprint density at radius 1 is 1.29 bits per heavy atom. The molecule has 0 aromatic rings. The normalized spacial score (nSPS) is 36.4. The molecule has 0 spiro atoms. The predicted octanol–water partition coefficient (Wildman–Crippen LogP) is 1.04. The first-order valence-electron chi connectivity index (χ1n) is 5.57. The summed E-state index contributed by atoms with van der Waals surface area (Å²) in [6.45, 7) is 9.23. The van der Waals surface area contributed by atoms with E-state index < -0.39 is 0 Å². The Balaban J connectivity index is 1.74. The Kier molecular flexibility index (Phi) is 3.10. The van der Waals surface area contributed by atoms with Gasteiger partial charge in [-0.3, -0.25) is 0 Å². The highest BCUT2D eigenvalue weighted by Crippen LogP contribution is 2.27. The molecule has 2 rings (SSSR count). The molecular formula is C11H21NO2. The first-order chi connectivity index (χ1) is 6.68. The van der Waals surface area contributed by atoms with Crippen molar-refractivity contribution in [3.63, 3.8) is 0 Å². The summed E-state index contributed by atoms with van der Waals surface area (Å²) in [6, 6.07) is 0.517. The summed E-state index contributed by atoms with van der Waals surface area (Å²) in [5, 5.41) is 3.61. The second-order valence-corrected chi connectivity index (χ2v) is 5.19. The van der Waals surface area contributed by atoms with Crippen molar-refractivity contribution < 1.29 is 9.47 Å². The highest BCUT2D eigenvalue weighted by atomic mass is 16.5. The molecular weight excluding hydrogens is 178 g/mol. The van der Waals surface area contributed by atoms with Gasteiger partial charge < -0.3 is 14.8 Å². The minimum atomic E-state index is 0.291. The van der Waals surface area contributed by atoms with E-state index in [0.29, 0.717) is 17.4 Å². The Bertz CT molecular complexity index is 188. The van der Waals surface area contributed by atoms with Gasteiger partial charge in [0.05, 0.1) is 19.8 Å². The van der Waals surface area contributed by atoms with Crippen molar-refractivity contribution in [1.29, 1.82) is 0 Å². The van der Waals surface area contributed by atoms with Crippen LogP contribution in [0.4, 0.5) is 0 Å². The molecule has 2 saturated heterocycles. The van der Waals surface area contributed by atoms with Gasteiger partial charge in [-0.05, 0) is 12.3 Å². The van der Waals surface area contributed by atoms with E-state index in [1.165, 1.54) is 6.42 Å². The van der Waals surface area contributed by atoms with Crippen LogP contribution in [0.1, 0.15) is 20.3 Å². The van der Waals surface area contributed by atoms with Gasteiger partial charge in [-0.25, -0.2) is 0 Å². The van der Waals surface area contributed by atoms with E-state index in [9.17, 15) is 0 Å². The molecule has 0 radical (unpaired) electrons. The van der Waals surface area contributed by atoms with E-state index in [-0.39, 0.29) is 0 Å². The predicted molar refractivity (Wildman–Crippen MR) is 55.3 cm³/mol. The van der Waals surface area contributed by atoms with Crippen LogP contribution in [-0.4, -0.2) is 39.0 Å². The maximum atomic E-state index is 5.49. The molecule has 2 heterocycles. The SMILES string of the molecule is CC1(C)COCC1NCC1CCOC1. The molecule has 14 heavy (non-hydrogen) atoms. The third-order valence-corrected chi connectivity index (χ3v) is 3.38. The number of hydrogen-bond acceptors (Lipinski definition) is 3. The van der Waals surface area contributed by atoms with Gasteiger partial charge in [-0.2, -0.15) is 0 Å². The minimum absolute atomic E-state index is 0.291. The van der Waals surface area contributed by atoms with Crippen LogP contribution in [0.25, 0.3) is 0 Å². The highest BCUT2D eigenvalue weighted by Gasteiger charge is 2.35. The van der Waals surface area contributed by atoms with Crippen molar-refractivity contribution in [2.45, 2.75) is 26.3 Å². The maximum absolute atomic E-state index is 5.49. The molecule has 0 bridgehead atoms. The smallest absolute Gasteiger partial charge is 0.0626 e. The Labute approximate surface area is 86.2 Å². The van der Waals surface area contributed by atoms with Crippen molar-refractivity contribution in [2.24, 2.45) is 11.3 Å². The second kappa shape index (κ2) is 4.17. The summed E-state index contributed by atoms with van der Waals surface area (Å²) in [5.41, 5.74) is 0.291. The molecule has 0 aromatic carbocycles. The molecule has 2 unspecified atom stereocenters. The maximum Gasteiger partial charge on any atom is 0.0626 e. The minimum Gasteiger partial charge on any atom is -0.381 e. The van der Waals surface area contributed by atoms with Crippen molar-refractivity contribution in [2.75, 3.05) is 33.0 Å². The summed E-state index contributed by atoms with van der Waals surface area (Å²) in [4.78, 5) is 0. The van der Waals surface area contributed by atoms with Gasteiger partial charge in [0.15, 0.2) is 0 Å². The molecule has 0 saturated carbocycles. The zero-order valence-corrected chi connectivity index (χ0v) is 9.21. The number of ether oxygens (including phenoxy) is 2. The van der Waals surface area contributed by atoms with E-state index in [2.05, 4.69) is 19.2 Å². The van der Waals surface area contributed by atoms with Crippen LogP contribution in [0.3, 0.4) is 0 Å². The van der Waals surface area contributed by atoms with Crippen LogP contribution >= 0.6 is 0 Å². The van der Waals surface area contributed by atoms with E-state index in [1.54, 1.807) is 0 Å². The lowest BCUT2D eigenvalue weighted by atomic mass is 9.87. The lowest BCUT2D eigenvalue weighted by Crippen LogP contribution is -2.43. The molecule has 2 aliphatic rings. The van der Waals surface area contributed by atoms with Gasteiger partial charge in [0.1, 0.15) is 0 Å². The van der Waals surface area contributed by atoms with Gasteiger partial charge in [-0.1, -0.05) is 13.8 Å². The summed E-state index contributed by atoms with van der Waals surface area (Å²) in [7, 11) is 0. The van der Waals surface area contributed by atoms with Gasteiger partial charge in [0.25, 0.3) is 0 Å². The molecule has 0 aliphatic carbocycles. The Morgan fingerprint density at radius 2 is 2.14 bits per heavy atom. The monoisotopic (exact) mass is 199 g/mol. The fraction of sp³-hybridized carbons (Fsp3) is 1.00. The van der Waals surface area contributed by atoms with E-state index in [4.69, 9.17) is 9.47 Å². The molecule has 0 amide bonds. The van der Waals surface area contributed by atoms with Gasteiger partial charge >= 0.3 is 0 Å². The molecule has 3 heteroatoms. The summed E-state index contributed by atoms with van der Waals surface area (Å²) in [6.07, 6.45) is 1.21. The number of rotatable bonds is 3. The standard InChI is InChI=1S/C11H21NO2/c1-11(2)8-14-7-10(11)12-5-9-3-4-13-6-9/h9-10,12H,3-8H2,1-2H3. The molecule has 2 atom stereocenters. The van der Waals surface area contributed by atoms with Gasteiger partial charge in [0, 0.05) is 24.6 Å². The molecule has 82 valence electrons. The van der Waals surface area contributed by atoms with E-state index in [1.807, 2.05) is 0 Å². The number of nitrogens with one attached hydrogen (secondary N) is 1. The first kappa shape index (κ1) is 10.4. The molecule has 3 nitrogen and oxygen atoms in total. The van der Waals surface area contributed by atoms with Crippen LogP contribution < -0.4 is 5.32 Å². The van der Waals surface area contributed by atoms with Crippen LogP contribution in [0.2, 0.25) is 0 Å². The average molecular weight is 199 g/mol. The lowest BCUT2D eigenvalue weighted by Gasteiger charge is -2.26. The summed E-state index contributed by atoms with van der Waals surface area (Å²) < 4.78 is 10.8. The summed E-state index contributed by atoms with van der Waals surface area (Å²) >= 11 is 0. The van der Waals surface area contributed by atoms with Gasteiger partial charge in [-0.15, -0.1) is 0 Å². The average Bonchev–Trinajstić information content (AvgIpc) is 2.71. The third kappa shape index (κ3) is 2.27.